The number of nitrogens with one attached hydrogen (secondary N) is 1. The zero-order valence-electron chi connectivity index (χ0n) is 17.7. The zero-order valence-corrected chi connectivity index (χ0v) is 18.6. The maximum atomic E-state index is 13.4. The summed E-state index contributed by atoms with van der Waals surface area (Å²) in [4.78, 5) is 29.8. The molecule has 2 aromatic rings. The summed E-state index contributed by atoms with van der Waals surface area (Å²) in [6.07, 6.45) is 2.33. The van der Waals surface area contributed by atoms with Crippen molar-refractivity contribution in [2.45, 2.75) is 29.7 Å². The predicted octanol–water partition coefficient (Wildman–Crippen LogP) is 1.73. The summed E-state index contributed by atoms with van der Waals surface area (Å²) < 4.78 is 27.1. The van der Waals surface area contributed by atoms with Gasteiger partial charge in [0.1, 0.15) is 5.54 Å². The van der Waals surface area contributed by atoms with E-state index in [0.717, 1.165) is 24.0 Å². The van der Waals surface area contributed by atoms with Crippen LogP contribution in [-0.4, -0.2) is 67.3 Å². The van der Waals surface area contributed by atoms with Gasteiger partial charge in [-0.25, -0.2) is 18.1 Å². The highest BCUT2D eigenvalue weighted by atomic mass is 32.2. The molecule has 168 valence electrons. The van der Waals surface area contributed by atoms with E-state index >= 15 is 0 Å². The van der Waals surface area contributed by atoms with Crippen LogP contribution in [0.2, 0.25) is 0 Å². The van der Waals surface area contributed by atoms with E-state index < -0.39 is 15.6 Å². The van der Waals surface area contributed by atoms with Crippen LogP contribution < -0.4 is 5.32 Å². The summed E-state index contributed by atoms with van der Waals surface area (Å²) in [6, 6.07) is 15.8. The topological polar surface area (TPSA) is 90.0 Å². The second-order valence-corrected chi connectivity index (χ2v) is 10.5. The van der Waals surface area contributed by atoms with E-state index in [1.807, 2.05) is 29.2 Å². The quantitative estimate of drug-likeness (QED) is 0.711. The van der Waals surface area contributed by atoms with Crippen LogP contribution in [0.5, 0.6) is 0 Å². The number of benzene rings is 2. The number of rotatable bonds is 4. The maximum absolute atomic E-state index is 13.4. The monoisotopic (exact) mass is 454 g/mol. The lowest BCUT2D eigenvalue weighted by atomic mass is 9.76. The van der Waals surface area contributed by atoms with Gasteiger partial charge < -0.3 is 5.32 Å². The summed E-state index contributed by atoms with van der Waals surface area (Å²) >= 11 is 0. The fourth-order valence-electron chi connectivity index (χ4n) is 4.99. The van der Waals surface area contributed by atoms with Crippen LogP contribution >= 0.6 is 0 Å². The Labute approximate surface area is 187 Å². The van der Waals surface area contributed by atoms with E-state index in [1.54, 1.807) is 30.3 Å². The van der Waals surface area contributed by atoms with Gasteiger partial charge in [0, 0.05) is 26.2 Å². The fourth-order valence-corrected chi connectivity index (χ4v) is 6.44. The number of hydrogen-bond donors (Lipinski definition) is 1. The third-order valence-corrected chi connectivity index (χ3v) is 8.62. The molecule has 0 saturated carbocycles. The molecule has 3 amide bonds. The molecule has 1 aliphatic carbocycles. The van der Waals surface area contributed by atoms with Crippen molar-refractivity contribution in [1.82, 2.24) is 19.4 Å². The van der Waals surface area contributed by atoms with Gasteiger partial charge in [-0.05, 0) is 42.5 Å². The lowest BCUT2D eigenvalue weighted by Crippen LogP contribution is -2.53. The summed E-state index contributed by atoms with van der Waals surface area (Å²) in [7, 11) is -3.54. The molecule has 32 heavy (non-hydrogen) atoms. The predicted molar refractivity (Wildman–Crippen MR) is 118 cm³/mol. The molecule has 1 spiro atoms. The summed E-state index contributed by atoms with van der Waals surface area (Å²) in [5.41, 5.74) is 1.02. The molecule has 1 N–H and O–H groups in total. The fraction of sp³-hybridized carbons (Fsp3) is 0.391. The zero-order chi connectivity index (χ0) is 22.3. The number of hydrogen-bond acceptors (Lipinski definition) is 5. The highest BCUT2D eigenvalue weighted by Crippen LogP contribution is 2.39. The number of imide groups is 1. The standard InChI is InChI=1S/C23H26N4O4S/c28-21-23(12-6-8-18-7-4-5-11-20(18)23)24-22(29)27(21)17-25-13-15-26(16-14-25)32(30,31)19-9-2-1-3-10-19/h1-5,7,9-11H,6,8,12-17H2,(H,24,29)/t23-/m0/s1. The van der Waals surface area contributed by atoms with Gasteiger partial charge in [-0.1, -0.05) is 42.5 Å². The Hall–Kier alpha value is -2.75. The van der Waals surface area contributed by atoms with E-state index in [2.05, 4.69) is 5.32 Å². The first-order valence-electron chi connectivity index (χ1n) is 10.9. The van der Waals surface area contributed by atoms with E-state index in [0.29, 0.717) is 32.6 Å². The van der Waals surface area contributed by atoms with Gasteiger partial charge in [-0.3, -0.25) is 9.69 Å². The van der Waals surface area contributed by atoms with E-state index in [4.69, 9.17) is 0 Å². The van der Waals surface area contributed by atoms with Crippen LogP contribution in [0.4, 0.5) is 4.79 Å². The minimum Gasteiger partial charge on any atom is -0.319 e. The first-order valence-corrected chi connectivity index (χ1v) is 12.4. The molecule has 0 unspecified atom stereocenters. The summed E-state index contributed by atoms with van der Waals surface area (Å²) in [6.45, 7) is 1.69. The van der Waals surface area contributed by atoms with E-state index in [9.17, 15) is 18.0 Å². The molecule has 8 nitrogen and oxygen atoms in total. The normalized spacial score (nSPS) is 24.6. The first-order chi connectivity index (χ1) is 15.4. The molecular formula is C23H26N4O4S. The van der Waals surface area contributed by atoms with E-state index in [-0.39, 0.29) is 23.5 Å². The second kappa shape index (κ2) is 7.99. The minimum absolute atomic E-state index is 0.161. The number of sulfonamides is 1. The summed E-state index contributed by atoms with van der Waals surface area (Å²) in [5, 5.41) is 2.97. The van der Waals surface area contributed by atoms with E-state index in [1.165, 1.54) is 9.21 Å². The molecule has 9 heteroatoms. The third-order valence-electron chi connectivity index (χ3n) is 6.70. The van der Waals surface area contributed by atoms with Gasteiger partial charge in [-0.15, -0.1) is 0 Å². The molecule has 0 aromatic heterocycles. The average Bonchev–Trinajstić information content (AvgIpc) is 3.05. The Morgan fingerprint density at radius 3 is 2.34 bits per heavy atom. The third kappa shape index (κ3) is 3.41. The highest BCUT2D eigenvalue weighted by Gasteiger charge is 2.54. The highest BCUT2D eigenvalue weighted by molar-refractivity contribution is 7.89. The Kier molecular flexibility index (Phi) is 5.27. The van der Waals surface area contributed by atoms with Crippen molar-refractivity contribution >= 4 is 22.0 Å². The molecular weight excluding hydrogens is 428 g/mol. The van der Waals surface area contributed by atoms with Gasteiger partial charge in [-0.2, -0.15) is 4.31 Å². The molecule has 0 radical (unpaired) electrons. The molecule has 2 fully saturated rings. The van der Waals surface area contributed by atoms with Crippen LogP contribution in [0.15, 0.2) is 59.5 Å². The van der Waals surface area contributed by atoms with Crippen molar-refractivity contribution in [2.75, 3.05) is 32.8 Å². The number of carbonyl (C=O) groups excluding carboxylic acids is 2. The minimum atomic E-state index is -3.54. The maximum Gasteiger partial charge on any atom is 0.326 e. The Morgan fingerprint density at radius 2 is 1.59 bits per heavy atom. The van der Waals surface area contributed by atoms with Crippen LogP contribution in [-0.2, 0) is 26.8 Å². The number of aryl methyl sites for hydroxylation is 1. The van der Waals surface area contributed by atoms with Gasteiger partial charge in [0.25, 0.3) is 5.91 Å². The molecule has 2 aromatic carbocycles. The van der Waals surface area contributed by atoms with Crippen molar-refractivity contribution in [3.05, 3.63) is 65.7 Å². The molecule has 5 rings (SSSR count). The van der Waals surface area contributed by atoms with Crippen molar-refractivity contribution < 1.29 is 18.0 Å². The molecule has 3 aliphatic rings. The number of urea groups is 1. The Bertz CT molecular complexity index is 1150. The van der Waals surface area contributed by atoms with Crippen LogP contribution in [0, 0.1) is 0 Å². The number of fused-ring (bicyclic) bond motifs is 2. The second-order valence-electron chi connectivity index (χ2n) is 8.56. The Balaban J connectivity index is 1.28. The van der Waals surface area contributed by atoms with Crippen molar-refractivity contribution in [3.63, 3.8) is 0 Å². The number of piperazine rings is 1. The Morgan fingerprint density at radius 1 is 0.906 bits per heavy atom. The van der Waals surface area contributed by atoms with Gasteiger partial charge in [0.15, 0.2) is 0 Å². The number of carbonyl (C=O) groups is 2. The van der Waals surface area contributed by atoms with Gasteiger partial charge >= 0.3 is 6.03 Å². The van der Waals surface area contributed by atoms with Gasteiger partial charge in [0.05, 0.1) is 11.6 Å². The van der Waals surface area contributed by atoms with Crippen molar-refractivity contribution in [1.29, 1.82) is 0 Å². The first kappa shape index (κ1) is 21.1. The lowest BCUT2D eigenvalue weighted by Gasteiger charge is -2.36. The lowest BCUT2D eigenvalue weighted by molar-refractivity contribution is -0.133. The average molecular weight is 455 g/mol. The molecule has 0 bridgehead atoms. The SMILES string of the molecule is O=C1N[C@]2(CCCc3ccccc32)C(=O)N1CN1CCN(S(=O)(=O)c2ccccc2)CC1. The largest absolute Gasteiger partial charge is 0.326 e. The van der Waals surface area contributed by atoms with Crippen LogP contribution in [0.3, 0.4) is 0 Å². The van der Waals surface area contributed by atoms with Crippen LogP contribution in [0.25, 0.3) is 0 Å². The smallest absolute Gasteiger partial charge is 0.319 e. The van der Waals surface area contributed by atoms with Crippen molar-refractivity contribution in [3.8, 4) is 0 Å². The number of nitrogens with zero attached hydrogens (tertiary/aromatic N) is 3. The molecule has 1 atom stereocenters. The molecule has 2 heterocycles. The molecule has 2 aliphatic heterocycles. The molecule has 2 saturated heterocycles. The van der Waals surface area contributed by atoms with Gasteiger partial charge in [0.2, 0.25) is 10.0 Å². The van der Waals surface area contributed by atoms with Crippen molar-refractivity contribution in [2.24, 2.45) is 0 Å². The van der Waals surface area contributed by atoms with Crippen LogP contribution in [0.1, 0.15) is 24.0 Å². The number of amides is 3. The summed E-state index contributed by atoms with van der Waals surface area (Å²) in [5.74, 6) is -0.214.